The molecule has 1 aliphatic heterocycles. The maximum Gasteiger partial charge on any atom is 0.342 e. The number of phenols is 1. The molecule has 4 rings (SSSR count). The van der Waals surface area contributed by atoms with E-state index in [0.717, 1.165) is 31.5 Å². The van der Waals surface area contributed by atoms with E-state index in [2.05, 4.69) is 20.8 Å². The standard InChI is InChI=1S/C23H24BrNO4/c1-2-28-23(27)20-19-16(14-25-11-7-4-8-12-25)21(26)17(24)13-18(19)29-22(20)15-9-5-3-6-10-15/h3,5-6,9-10,13,26H,2,4,7-8,11-12,14H2,1H3. The van der Waals surface area contributed by atoms with Crippen LogP contribution in [-0.2, 0) is 11.3 Å². The van der Waals surface area contributed by atoms with Gasteiger partial charge in [0.25, 0.3) is 0 Å². The molecule has 2 aromatic carbocycles. The van der Waals surface area contributed by atoms with E-state index >= 15 is 0 Å². The number of nitrogens with zero attached hydrogens (tertiary/aromatic N) is 1. The van der Waals surface area contributed by atoms with Crippen molar-refractivity contribution in [1.82, 2.24) is 4.90 Å². The summed E-state index contributed by atoms with van der Waals surface area (Å²) in [4.78, 5) is 15.3. The lowest BCUT2D eigenvalue weighted by atomic mass is 10.00. The number of esters is 1. The Morgan fingerprint density at radius 1 is 1.21 bits per heavy atom. The molecule has 152 valence electrons. The first-order chi connectivity index (χ1) is 14.1. The van der Waals surface area contributed by atoms with Crippen molar-refractivity contribution in [1.29, 1.82) is 0 Å². The Kier molecular flexibility index (Phi) is 5.92. The molecule has 0 aliphatic carbocycles. The number of carbonyl (C=O) groups is 1. The summed E-state index contributed by atoms with van der Waals surface area (Å²) in [5.74, 6) is 0.178. The maximum atomic E-state index is 13.0. The maximum absolute atomic E-state index is 13.0. The third-order valence-electron chi connectivity index (χ3n) is 5.35. The van der Waals surface area contributed by atoms with Crippen LogP contribution in [0.25, 0.3) is 22.3 Å². The van der Waals surface area contributed by atoms with Crippen LogP contribution in [0.4, 0.5) is 0 Å². The van der Waals surface area contributed by atoms with Crippen molar-refractivity contribution in [3.8, 4) is 17.1 Å². The number of halogens is 1. The molecule has 1 aromatic heterocycles. The number of piperidine rings is 1. The Bertz CT molecular complexity index is 1020. The second kappa shape index (κ2) is 8.59. The molecule has 0 bridgehead atoms. The van der Waals surface area contributed by atoms with Gasteiger partial charge >= 0.3 is 5.97 Å². The summed E-state index contributed by atoms with van der Waals surface area (Å²) in [7, 11) is 0. The van der Waals surface area contributed by atoms with E-state index < -0.39 is 5.97 Å². The van der Waals surface area contributed by atoms with Crippen LogP contribution in [0, 0.1) is 0 Å². The molecule has 1 N–H and O–H groups in total. The van der Waals surface area contributed by atoms with E-state index in [-0.39, 0.29) is 12.4 Å². The van der Waals surface area contributed by atoms with E-state index in [4.69, 9.17) is 9.15 Å². The van der Waals surface area contributed by atoms with Gasteiger partial charge in [-0.1, -0.05) is 36.8 Å². The number of benzene rings is 2. The Balaban J connectivity index is 1.94. The first-order valence-corrected chi connectivity index (χ1v) is 10.8. The van der Waals surface area contributed by atoms with Gasteiger partial charge in [-0.05, 0) is 54.9 Å². The van der Waals surface area contributed by atoms with E-state index in [1.54, 1.807) is 13.0 Å². The van der Waals surface area contributed by atoms with Crippen molar-refractivity contribution in [2.24, 2.45) is 0 Å². The second-order valence-corrected chi connectivity index (χ2v) is 8.14. The molecule has 6 heteroatoms. The zero-order valence-electron chi connectivity index (χ0n) is 16.4. The highest BCUT2D eigenvalue weighted by Crippen LogP contribution is 2.43. The zero-order valence-corrected chi connectivity index (χ0v) is 18.0. The lowest BCUT2D eigenvalue weighted by Crippen LogP contribution is -2.29. The number of phenolic OH excluding ortho intramolecular Hbond substituents is 1. The van der Waals surface area contributed by atoms with E-state index in [0.29, 0.717) is 38.9 Å². The average molecular weight is 458 g/mol. The SMILES string of the molecule is CCOC(=O)c1c(-c2ccccc2)oc2cc(Br)c(O)c(CN3CCCCC3)c12. The van der Waals surface area contributed by atoms with Crippen molar-refractivity contribution < 1.29 is 19.1 Å². The number of carbonyl (C=O) groups excluding carboxylic acids is 1. The minimum atomic E-state index is -0.438. The van der Waals surface area contributed by atoms with E-state index in [9.17, 15) is 9.90 Å². The van der Waals surface area contributed by atoms with Crippen LogP contribution in [0.2, 0.25) is 0 Å². The van der Waals surface area contributed by atoms with Gasteiger partial charge in [-0.15, -0.1) is 0 Å². The fourth-order valence-electron chi connectivity index (χ4n) is 3.98. The first-order valence-electron chi connectivity index (χ1n) is 10.0. The number of fused-ring (bicyclic) bond motifs is 1. The number of hydrogen-bond donors (Lipinski definition) is 1. The molecule has 1 aliphatic rings. The van der Waals surface area contributed by atoms with Gasteiger partial charge in [-0.25, -0.2) is 4.79 Å². The Morgan fingerprint density at radius 3 is 2.62 bits per heavy atom. The minimum absolute atomic E-state index is 0.147. The van der Waals surface area contributed by atoms with Gasteiger partial charge in [-0.2, -0.15) is 0 Å². The van der Waals surface area contributed by atoms with Crippen LogP contribution in [0.1, 0.15) is 42.1 Å². The molecular formula is C23H24BrNO4. The number of hydrogen-bond acceptors (Lipinski definition) is 5. The van der Waals surface area contributed by atoms with Crippen LogP contribution < -0.4 is 0 Å². The van der Waals surface area contributed by atoms with Crippen LogP contribution in [0.15, 0.2) is 45.3 Å². The number of rotatable bonds is 5. The monoisotopic (exact) mass is 457 g/mol. The number of likely N-dealkylation sites (tertiary alicyclic amines) is 1. The molecule has 0 unspecified atom stereocenters. The molecule has 0 radical (unpaired) electrons. The van der Waals surface area contributed by atoms with Crippen molar-refractivity contribution >= 4 is 32.9 Å². The highest BCUT2D eigenvalue weighted by atomic mass is 79.9. The Hall–Kier alpha value is -2.31. The highest BCUT2D eigenvalue weighted by molar-refractivity contribution is 9.10. The normalized spacial score (nSPS) is 15.0. The fourth-order valence-corrected chi connectivity index (χ4v) is 4.43. The van der Waals surface area contributed by atoms with Gasteiger partial charge in [0, 0.05) is 23.1 Å². The van der Waals surface area contributed by atoms with Gasteiger partial charge in [0.1, 0.15) is 22.7 Å². The van der Waals surface area contributed by atoms with Gasteiger partial charge in [0.15, 0.2) is 0 Å². The predicted molar refractivity (Wildman–Crippen MR) is 116 cm³/mol. The molecule has 3 aromatic rings. The molecule has 1 fully saturated rings. The summed E-state index contributed by atoms with van der Waals surface area (Å²) in [6, 6.07) is 11.2. The molecule has 0 saturated carbocycles. The molecule has 2 heterocycles. The second-order valence-electron chi connectivity index (χ2n) is 7.29. The lowest BCUT2D eigenvalue weighted by molar-refractivity contribution is 0.0528. The van der Waals surface area contributed by atoms with Gasteiger partial charge in [0.05, 0.1) is 11.1 Å². The van der Waals surface area contributed by atoms with Gasteiger partial charge < -0.3 is 14.3 Å². The summed E-state index contributed by atoms with van der Waals surface area (Å²) in [5, 5.41) is 11.5. The summed E-state index contributed by atoms with van der Waals surface area (Å²) in [6.45, 7) is 4.56. The van der Waals surface area contributed by atoms with Crippen molar-refractivity contribution in [2.75, 3.05) is 19.7 Å². The first kappa shape index (κ1) is 20.0. The summed E-state index contributed by atoms with van der Waals surface area (Å²) in [5.41, 5.74) is 2.43. The fraction of sp³-hybridized carbons (Fsp3) is 0.348. The van der Waals surface area contributed by atoms with Crippen molar-refractivity contribution in [2.45, 2.75) is 32.7 Å². The van der Waals surface area contributed by atoms with Crippen LogP contribution in [0.5, 0.6) is 5.75 Å². The quantitative estimate of drug-likeness (QED) is 0.495. The molecule has 1 saturated heterocycles. The molecule has 0 amide bonds. The topological polar surface area (TPSA) is 62.9 Å². The van der Waals surface area contributed by atoms with Crippen LogP contribution in [0.3, 0.4) is 0 Å². The molecular weight excluding hydrogens is 434 g/mol. The number of furan rings is 1. The summed E-state index contributed by atoms with van der Waals surface area (Å²) < 4.78 is 12.1. The van der Waals surface area contributed by atoms with Crippen molar-refractivity contribution in [3.63, 3.8) is 0 Å². The number of aromatic hydroxyl groups is 1. The number of ether oxygens (including phenoxy) is 1. The molecule has 5 nitrogen and oxygen atoms in total. The third-order valence-corrected chi connectivity index (χ3v) is 5.96. The average Bonchev–Trinajstić information content (AvgIpc) is 3.12. The van der Waals surface area contributed by atoms with Crippen LogP contribution >= 0.6 is 15.9 Å². The van der Waals surface area contributed by atoms with E-state index in [1.165, 1.54) is 6.42 Å². The molecule has 29 heavy (non-hydrogen) atoms. The Labute approximate surface area is 178 Å². The van der Waals surface area contributed by atoms with Crippen molar-refractivity contribution in [3.05, 3.63) is 52.0 Å². The van der Waals surface area contributed by atoms with Gasteiger partial charge in [-0.3, -0.25) is 4.90 Å². The predicted octanol–water partition coefficient (Wildman–Crippen LogP) is 5.73. The minimum Gasteiger partial charge on any atom is -0.506 e. The van der Waals surface area contributed by atoms with Gasteiger partial charge in [0.2, 0.25) is 0 Å². The third kappa shape index (κ3) is 3.91. The smallest absolute Gasteiger partial charge is 0.342 e. The Morgan fingerprint density at radius 2 is 1.93 bits per heavy atom. The summed E-state index contributed by atoms with van der Waals surface area (Å²) in [6.07, 6.45) is 3.51. The zero-order chi connectivity index (χ0) is 20.4. The molecule has 0 spiro atoms. The highest BCUT2D eigenvalue weighted by Gasteiger charge is 2.28. The summed E-state index contributed by atoms with van der Waals surface area (Å²) >= 11 is 3.45. The largest absolute Gasteiger partial charge is 0.506 e. The van der Waals surface area contributed by atoms with E-state index in [1.807, 2.05) is 30.3 Å². The molecule has 0 atom stereocenters. The van der Waals surface area contributed by atoms with Crippen LogP contribution in [-0.4, -0.2) is 35.7 Å². The lowest BCUT2D eigenvalue weighted by Gasteiger charge is -2.27.